The van der Waals surface area contributed by atoms with E-state index in [-0.39, 0.29) is 0 Å². The van der Waals surface area contributed by atoms with Crippen LogP contribution in [-0.2, 0) is 0 Å². The van der Waals surface area contributed by atoms with E-state index >= 15 is 0 Å². The molecule has 19 heavy (non-hydrogen) atoms. The smallest absolute Gasteiger partial charge is 0.171 e. The molecule has 0 bridgehead atoms. The van der Waals surface area contributed by atoms with E-state index in [4.69, 9.17) is 5.26 Å². The highest BCUT2D eigenvalue weighted by Gasteiger charge is 2.17. The van der Waals surface area contributed by atoms with E-state index in [0.717, 1.165) is 5.69 Å². The van der Waals surface area contributed by atoms with E-state index in [1.165, 1.54) is 32.1 Å². The van der Waals surface area contributed by atoms with Gasteiger partial charge in [0.1, 0.15) is 6.07 Å². The molecule has 2 rings (SSSR count). The first kappa shape index (κ1) is 13.5. The summed E-state index contributed by atoms with van der Waals surface area (Å²) < 4.78 is 0. The van der Waals surface area contributed by atoms with Gasteiger partial charge in [0.2, 0.25) is 0 Å². The van der Waals surface area contributed by atoms with Crippen molar-refractivity contribution >= 4 is 12.2 Å². The molecule has 0 radical (unpaired) electrons. The van der Waals surface area contributed by atoms with Gasteiger partial charge < -0.3 is 4.90 Å². The van der Waals surface area contributed by atoms with Gasteiger partial charge in [0.25, 0.3) is 0 Å². The summed E-state index contributed by atoms with van der Waals surface area (Å²) in [5, 5.41) is 9.11. The molecule has 4 nitrogen and oxygen atoms in total. The zero-order valence-corrected chi connectivity index (χ0v) is 11.6. The fraction of sp³-hybridized carbons (Fsp3) is 0.533. The highest BCUT2D eigenvalue weighted by atomic mass is 15.1. The van der Waals surface area contributed by atoms with Gasteiger partial charge in [0.05, 0.1) is 11.9 Å². The number of pyridine rings is 1. The van der Waals surface area contributed by atoms with Gasteiger partial charge in [-0.15, -0.1) is 0 Å². The van der Waals surface area contributed by atoms with Gasteiger partial charge >= 0.3 is 0 Å². The minimum atomic E-state index is 0.537. The third-order valence-corrected chi connectivity index (χ3v) is 3.45. The summed E-state index contributed by atoms with van der Waals surface area (Å²) in [5.41, 5.74) is 1.63. The van der Waals surface area contributed by atoms with E-state index in [1.807, 2.05) is 31.1 Å². The molecule has 1 aromatic heterocycles. The molecule has 4 heteroatoms. The van der Waals surface area contributed by atoms with Crippen molar-refractivity contribution in [3.8, 4) is 6.07 Å². The first-order valence-corrected chi connectivity index (χ1v) is 6.82. The summed E-state index contributed by atoms with van der Waals surface area (Å²) in [6, 6.07) is 5.99. The highest BCUT2D eigenvalue weighted by molar-refractivity contribution is 5.62. The molecule has 1 heterocycles. The van der Waals surface area contributed by atoms with Crippen LogP contribution in [0.15, 0.2) is 17.1 Å². The van der Waals surface area contributed by atoms with Gasteiger partial charge in [-0.25, -0.2) is 9.98 Å². The first-order chi connectivity index (χ1) is 9.20. The van der Waals surface area contributed by atoms with Crippen LogP contribution < -0.4 is 0 Å². The van der Waals surface area contributed by atoms with Gasteiger partial charge in [0, 0.05) is 25.7 Å². The molecule has 1 aromatic rings. The Bertz CT molecular complexity index is 493. The van der Waals surface area contributed by atoms with Crippen molar-refractivity contribution in [3.05, 3.63) is 23.4 Å². The lowest BCUT2D eigenvalue weighted by Crippen LogP contribution is -2.08. The van der Waals surface area contributed by atoms with E-state index in [9.17, 15) is 0 Å². The lowest BCUT2D eigenvalue weighted by Gasteiger charge is -2.21. The van der Waals surface area contributed by atoms with Crippen molar-refractivity contribution in [1.29, 1.82) is 5.26 Å². The molecule has 1 fully saturated rings. The van der Waals surface area contributed by atoms with Crippen LogP contribution in [0.4, 0.5) is 5.82 Å². The van der Waals surface area contributed by atoms with Crippen molar-refractivity contribution in [2.75, 3.05) is 14.1 Å². The lowest BCUT2D eigenvalue weighted by molar-refractivity contribution is 0.437. The summed E-state index contributed by atoms with van der Waals surface area (Å²) in [5.74, 6) is 1.08. The summed E-state index contributed by atoms with van der Waals surface area (Å²) in [4.78, 5) is 10.7. The van der Waals surface area contributed by atoms with Crippen molar-refractivity contribution in [1.82, 2.24) is 9.88 Å². The average molecular weight is 256 g/mol. The molecule has 100 valence electrons. The van der Waals surface area contributed by atoms with E-state index < -0.39 is 0 Å². The summed E-state index contributed by atoms with van der Waals surface area (Å²) in [7, 11) is 3.81. The summed E-state index contributed by atoms with van der Waals surface area (Å²) in [6.07, 6.45) is 7.99. The molecule has 1 aliphatic carbocycles. The van der Waals surface area contributed by atoms with Crippen LogP contribution in [-0.4, -0.2) is 30.3 Å². The molecule has 0 aromatic carbocycles. The molecule has 1 saturated carbocycles. The Kier molecular flexibility index (Phi) is 4.51. The number of aromatic nitrogens is 1. The van der Waals surface area contributed by atoms with Gasteiger partial charge in [-0.2, -0.15) is 5.26 Å². The monoisotopic (exact) mass is 256 g/mol. The summed E-state index contributed by atoms with van der Waals surface area (Å²) in [6.45, 7) is 0. The van der Waals surface area contributed by atoms with Crippen LogP contribution >= 0.6 is 0 Å². The average Bonchev–Trinajstić information content (AvgIpc) is 2.45. The number of nitriles is 1. The predicted octanol–water partition coefficient (Wildman–Crippen LogP) is 3.22. The molecule has 1 aliphatic rings. The Morgan fingerprint density at radius 2 is 2.05 bits per heavy atom. The maximum absolute atomic E-state index is 9.11. The van der Waals surface area contributed by atoms with Gasteiger partial charge in [-0.3, -0.25) is 0 Å². The maximum Gasteiger partial charge on any atom is 0.171 e. The Morgan fingerprint density at radius 1 is 1.32 bits per heavy atom. The van der Waals surface area contributed by atoms with Crippen LogP contribution in [0.2, 0.25) is 0 Å². The molecule has 0 N–H and O–H groups in total. The topological polar surface area (TPSA) is 52.3 Å². The Hall–Kier alpha value is -1.89. The molecule has 0 atom stereocenters. The van der Waals surface area contributed by atoms with Gasteiger partial charge in [-0.1, -0.05) is 19.3 Å². The normalized spacial score (nSPS) is 16.5. The summed E-state index contributed by atoms with van der Waals surface area (Å²) >= 11 is 0. The minimum absolute atomic E-state index is 0.537. The van der Waals surface area contributed by atoms with Gasteiger partial charge in [-0.05, 0) is 25.0 Å². The fourth-order valence-corrected chi connectivity index (χ4v) is 2.44. The van der Waals surface area contributed by atoms with Crippen molar-refractivity contribution < 1.29 is 0 Å². The Morgan fingerprint density at radius 3 is 2.68 bits per heavy atom. The van der Waals surface area contributed by atoms with E-state index in [0.29, 0.717) is 17.3 Å². The van der Waals surface area contributed by atoms with E-state index in [1.54, 1.807) is 6.34 Å². The zero-order valence-electron chi connectivity index (χ0n) is 11.6. The number of aliphatic imine (C=N–C) groups is 1. The quantitative estimate of drug-likeness (QED) is 0.616. The second-order valence-electron chi connectivity index (χ2n) is 5.26. The highest BCUT2D eigenvalue weighted by Crippen LogP contribution is 2.32. The van der Waals surface area contributed by atoms with Crippen LogP contribution in [0.1, 0.15) is 49.3 Å². The van der Waals surface area contributed by atoms with Crippen LogP contribution in [0.5, 0.6) is 0 Å². The fourth-order valence-electron chi connectivity index (χ4n) is 2.44. The zero-order chi connectivity index (χ0) is 13.7. The second kappa shape index (κ2) is 6.33. The maximum atomic E-state index is 9.11. The lowest BCUT2D eigenvalue weighted by atomic mass is 9.86. The molecule has 0 saturated heterocycles. The number of hydrogen-bond donors (Lipinski definition) is 0. The Balaban J connectivity index is 2.27. The number of hydrogen-bond acceptors (Lipinski definition) is 3. The van der Waals surface area contributed by atoms with Crippen molar-refractivity contribution in [3.63, 3.8) is 0 Å². The third kappa shape index (κ3) is 3.54. The largest absolute Gasteiger partial charge is 0.369 e. The minimum Gasteiger partial charge on any atom is -0.369 e. The molecule has 0 aliphatic heterocycles. The van der Waals surface area contributed by atoms with Crippen LogP contribution in [0.3, 0.4) is 0 Å². The van der Waals surface area contributed by atoms with Crippen molar-refractivity contribution in [2.24, 2.45) is 4.99 Å². The molecule has 0 spiro atoms. The van der Waals surface area contributed by atoms with Crippen LogP contribution in [0, 0.1) is 11.3 Å². The molecule has 0 unspecified atom stereocenters. The molecular weight excluding hydrogens is 236 g/mol. The van der Waals surface area contributed by atoms with Crippen LogP contribution in [0.25, 0.3) is 0 Å². The molecular formula is C15H20N4. The standard InChI is InChI=1S/C15H20N4/c1-19(2)11-17-15-13(10-16)8-9-14(18-15)12-6-4-3-5-7-12/h8-9,11-12H,3-7H2,1-2H3/b17-11-. The number of nitrogens with zero attached hydrogens (tertiary/aromatic N) is 4. The number of rotatable bonds is 3. The third-order valence-electron chi connectivity index (χ3n) is 3.45. The van der Waals surface area contributed by atoms with Gasteiger partial charge in [0.15, 0.2) is 5.82 Å². The second-order valence-corrected chi connectivity index (χ2v) is 5.26. The Labute approximate surface area is 114 Å². The predicted molar refractivity (Wildman–Crippen MR) is 76.6 cm³/mol. The molecule has 0 amide bonds. The SMILES string of the molecule is CN(C)/C=N\c1nc(C2CCCCC2)ccc1C#N. The first-order valence-electron chi connectivity index (χ1n) is 6.82. The van der Waals surface area contributed by atoms with E-state index in [2.05, 4.69) is 16.0 Å². The van der Waals surface area contributed by atoms with Crippen molar-refractivity contribution in [2.45, 2.75) is 38.0 Å².